The van der Waals surface area contributed by atoms with E-state index in [9.17, 15) is 27.2 Å². The molecule has 234 valence electrons. The highest BCUT2D eigenvalue weighted by Crippen LogP contribution is 2.33. The molecule has 43 heavy (non-hydrogen) atoms. The van der Waals surface area contributed by atoms with Crippen LogP contribution in [0.1, 0.15) is 25.8 Å². The van der Waals surface area contributed by atoms with Gasteiger partial charge in [-0.15, -0.1) is 0 Å². The second-order valence-electron chi connectivity index (χ2n) is 10.7. The number of alkyl halides is 5. The van der Waals surface area contributed by atoms with Gasteiger partial charge in [0.25, 0.3) is 11.5 Å². The fourth-order valence-corrected chi connectivity index (χ4v) is 5.25. The SMILES string of the molecule is CC(C)=CCn1c(N2CC[C@@H]3CNC[C@@H]32)nc2c1c(=O)n(CC(F)(F)c1ccc(F)cc1)c(=O)n2C.O=C(O)C(F)(F)F. The van der Waals surface area contributed by atoms with Crippen LogP contribution in [-0.2, 0) is 30.9 Å². The number of hydrogen-bond donors (Lipinski definition) is 2. The van der Waals surface area contributed by atoms with Gasteiger partial charge in [-0.05, 0) is 38.3 Å². The number of carboxylic acids is 1. The van der Waals surface area contributed by atoms with Gasteiger partial charge in [-0.1, -0.05) is 23.8 Å². The zero-order chi connectivity index (χ0) is 31.9. The van der Waals surface area contributed by atoms with Gasteiger partial charge >= 0.3 is 17.8 Å². The van der Waals surface area contributed by atoms with Crippen LogP contribution in [0.5, 0.6) is 0 Å². The Kier molecular flexibility index (Phi) is 8.81. The Labute approximate surface area is 240 Å². The molecule has 2 atom stereocenters. The molecule has 0 saturated carbocycles. The number of aliphatic carboxylic acids is 1. The Balaban J connectivity index is 0.000000541. The average molecular weight is 617 g/mol. The fourth-order valence-electron chi connectivity index (χ4n) is 5.25. The molecule has 0 spiro atoms. The van der Waals surface area contributed by atoms with Crippen LogP contribution in [-0.4, -0.2) is 61.6 Å². The molecule has 2 aromatic heterocycles. The second kappa shape index (κ2) is 11.9. The van der Waals surface area contributed by atoms with Gasteiger partial charge in [0.2, 0.25) is 5.95 Å². The van der Waals surface area contributed by atoms with Crippen molar-refractivity contribution in [3.8, 4) is 0 Å². The van der Waals surface area contributed by atoms with Crippen molar-refractivity contribution in [1.82, 2.24) is 24.0 Å². The van der Waals surface area contributed by atoms with Gasteiger partial charge in [-0.2, -0.15) is 26.9 Å². The predicted octanol–water partition coefficient (Wildman–Crippen LogP) is 3.23. The van der Waals surface area contributed by atoms with Crippen molar-refractivity contribution in [3.05, 3.63) is 68.1 Å². The van der Waals surface area contributed by atoms with E-state index in [4.69, 9.17) is 14.9 Å². The molecule has 2 fully saturated rings. The summed E-state index contributed by atoms with van der Waals surface area (Å²) in [5.41, 5.74) is -0.886. The third-order valence-corrected chi connectivity index (χ3v) is 7.46. The van der Waals surface area contributed by atoms with Gasteiger partial charge in [-0.3, -0.25) is 13.9 Å². The topological polar surface area (TPSA) is 114 Å². The molecule has 2 saturated heterocycles. The molecule has 5 rings (SSSR count). The van der Waals surface area contributed by atoms with E-state index >= 15 is 8.78 Å². The van der Waals surface area contributed by atoms with Crippen LogP contribution in [0.3, 0.4) is 0 Å². The smallest absolute Gasteiger partial charge is 0.475 e. The predicted molar refractivity (Wildman–Crippen MR) is 145 cm³/mol. The number of aryl methyl sites for hydroxylation is 1. The molecular weight excluding hydrogens is 586 g/mol. The summed E-state index contributed by atoms with van der Waals surface area (Å²) in [5, 5.41) is 10.5. The number of carbonyl (C=O) groups is 1. The van der Waals surface area contributed by atoms with Crippen LogP contribution < -0.4 is 21.5 Å². The summed E-state index contributed by atoms with van der Waals surface area (Å²) in [7, 11) is 1.43. The molecule has 16 heteroatoms. The Bertz CT molecular complexity index is 1650. The van der Waals surface area contributed by atoms with Crippen LogP contribution in [0.4, 0.5) is 32.3 Å². The number of anilines is 1. The van der Waals surface area contributed by atoms with Crippen LogP contribution in [0, 0.1) is 11.7 Å². The zero-order valence-electron chi connectivity index (χ0n) is 23.5. The Morgan fingerprint density at radius 2 is 1.72 bits per heavy atom. The van der Waals surface area contributed by atoms with Crippen molar-refractivity contribution < 1.29 is 36.2 Å². The lowest BCUT2D eigenvalue weighted by Gasteiger charge is -2.25. The van der Waals surface area contributed by atoms with Crippen LogP contribution in [0.2, 0.25) is 0 Å². The zero-order valence-corrected chi connectivity index (χ0v) is 23.5. The van der Waals surface area contributed by atoms with E-state index in [-0.39, 0.29) is 17.2 Å². The number of fused-ring (bicyclic) bond motifs is 2. The number of nitrogens with zero attached hydrogens (tertiary/aromatic N) is 5. The van der Waals surface area contributed by atoms with Gasteiger partial charge in [0.05, 0.1) is 6.54 Å². The molecule has 0 radical (unpaired) electrons. The lowest BCUT2D eigenvalue weighted by Crippen LogP contribution is -2.43. The number of carboxylic acid groups (broad SMARTS) is 1. The maximum absolute atomic E-state index is 15.1. The van der Waals surface area contributed by atoms with Crippen molar-refractivity contribution >= 4 is 23.1 Å². The van der Waals surface area contributed by atoms with E-state index < -0.39 is 47.2 Å². The van der Waals surface area contributed by atoms with E-state index in [0.717, 1.165) is 60.5 Å². The normalized spacial score (nSPS) is 18.4. The number of aromatic nitrogens is 4. The molecule has 0 unspecified atom stereocenters. The first-order valence-corrected chi connectivity index (χ1v) is 13.3. The van der Waals surface area contributed by atoms with Crippen molar-refractivity contribution in [2.75, 3.05) is 24.5 Å². The van der Waals surface area contributed by atoms with Gasteiger partial charge < -0.3 is 19.9 Å². The first kappa shape index (κ1) is 31.8. The second-order valence-corrected chi connectivity index (χ2v) is 10.7. The molecule has 2 aliphatic heterocycles. The van der Waals surface area contributed by atoms with Crippen molar-refractivity contribution in [3.63, 3.8) is 0 Å². The molecular formula is C27H30F6N6O4. The Morgan fingerprint density at radius 3 is 2.30 bits per heavy atom. The number of nitrogens with one attached hydrogen (secondary N) is 1. The average Bonchev–Trinajstić information content (AvgIpc) is 3.63. The van der Waals surface area contributed by atoms with Crippen LogP contribution >= 0.6 is 0 Å². The number of rotatable bonds is 6. The monoisotopic (exact) mass is 616 g/mol. The minimum absolute atomic E-state index is 0.105. The molecule has 0 aliphatic carbocycles. The summed E-state index contributed by atoms with van der Waals surface area (Å²) in [5.74, 6) is -5.94. The van der Waals surface area contributed by atoms with Crippen LogP contribution in [0.25, 0.3) is 11.2 Å². The van der Waals surface area contributed by atoms with Crippen molar-refractivity contribution in [2.24, 2.45) is 13.0 Å². The molecule has 10 nitrogen and oxygen atoms in total. The summed E-state index contributed by atoms with van der Waals surface area (Å²) >= 11 is 0. The largest absolute Gasteiger partial charge is 0.490 e. The minimum Gasteiger partial charge on any atom is -0.475 e. The van der Waals surface area contributed by atoms with E-state index in [0.29, 0.717) is 23.0 Å². The van der Waals surface area contributed by atoms with E-state index in [1.54, 1.807) is 4.57 Å². The molecule has 3 aromatic rings. The van der Waals surface area contributed by atoms with Gasteiger partial charge in [0.1, 0.15) is 5.82 Å². The number of imidazole rings is 1. The van der Waals surface area contributed by atoms with E-state index in [2.05, 4.69) is 10.2 Å². The highest BCUT2D eigenvalue weighted by molar-refractivity contribution is 5.75. The first-order chi connectivity index (χ1) is 20.0. The maximum Gasteiger partial charge on any atom is 0.490 e. The van der Waals surface area contributed by atoms with E-state index in [1.807, 2.05) is 19.9 Å². The summed E-state index contributed by atoms with van der Waals surface area (Å²) in [6.07, 6.45) is -2.16. The molecule has 4 heterocycles. The molecule has 1 aromatic carbocycles. The lowest BCUT2D eigenvalue weighted by molar-refractivity contribution is -0.192. The molecule has 0 bridgehead atoms. The summed E-state index contributed by atoms with van der Waals surface area (Å²) in [6.45, 7) is 5.49. The molecule has 2 aliphatic rings. The van der Waals surface area contributed by atoms with Gasteiger partial charge in [-0.25, -0.2) is 14.0 Å². The highest BCUT2D eigenvalue weighted by atomic mass is 19.4. The summed E-state index contributed by atoms with van der Waals surface area (Å²) in [4.78, 5) is 42.5. The summed E-state index contributed by atoms with van der Waals surface area (Å²) in [6, 6.07) is 3.99. The number of allylic oxidation sites excluding steroid dienone is 2. The molecule has 0 amide bonds. The quantitative estimate of drug-likeness (QED) is 0.323. The third kappa shape index (κ3) is 6.48. The van der Waals surface area contributed by atoms with Gasteiger partial charge in [0, 0.05) is 44.8 Å². The lowest BCUT2D eigenvalue weighted by atomic mass is 10.1. The van der Waals surface area contributed by atoms with Crippen molar-refractivity contribution in [2.45, 2.75) is 51.5 Å². The number of halogens is 6. The van der Waals surface area contributed by atoms with E-state index in [1.165, 1.54) is 7.05 Å². The minimum atomic E-state index is -5.08. The van der Waals surface area contributed by atoms with Crippen LogP contribution in [0.15, 0.2) is 45.5 Å². The summed E-state index contributed by atoms with van der Waals surface area (Å²) < 4.78 is 78.7. The fraction of sp³-hybridized carbons (Fsp3) is 0.481. The Hall–Kier alpha value is -4.08. The van der Waals surface area contributed by atoms with Gasteiger partial charge in [0.15, 0.2) is 11.2 Å². The third-order valence-electron chi connectivity index (χ3n) is 7.46. The standard InChI is InChI=1S/C25H29F3N6O2.C2HF3O2/c1-15(2)8-10-33-20-21(30-23(33)32-11-9-16-12-29-13-19(16)32)31(3)24(36)34(22(20)35)14-25(27,28)17-4-6-18(26)7-5-17;3-2(4,5)1(6)7/h4-8,16,19,29H,9-14H2,1-3H3;(H,6,7)/t16-,19+;/m1./s1. The molecule has 2 N–H and O–H groups in total. The number of benzene rings is 1. The first-order valence-electron chi connectivity index (χ1n) is 13.3. The Morgan fingerprint density at radius 1 is 1.09 bits per heavy atom. The number of hydrogen-bond acceptors (Lipinski definition) is 6. The maximum atomic E-state index is 15.1. The van der Waals surface area contributed by atoms with Crippen molar-refractivity contribution in [1.29, 1.82) is 0 Å². The highest BCUT2D eigenvalue weighted by Gasteiger charge is 2.41.